The van der Waals surface area contributed by atoms with Crippen molar-refractivity contribution >= 4 is 62.2 Å². The number of thiocarbonyl (C=S) groups is 1. The summed E-state index contributed by atoms with van der Waals surface area (Å²) in [6.45, 7) is 5.79. The third kappa shape index (κ3) is 4.87. The largest absolute Gasteiger partial charge is 0.490 e. The number of halogens is 1. The van der Waals surface area contributed by atoms with E-state index in [0.717, 1.165) is 16.7 Å². The first-order valence-electron chi connectivity index (χ1n) is 7.54. The monoisotopic (exact) mass is 457 g/mol. The molecule has 26 heavy (non-hydrogen) atoms. The van der Waals surface area contributed by atoms with Crippen LogP contribution in [-0.2, 0) is 9.59 Å². The third-order valence-electron chi connectivity index (χ3n) is 3.14. The Kier molecular flexibility index (Phi) is 7.24. The number of carboxylic acid groups (broad SMARTS) is 1. The smallest absolute Gasteiger partial charge is 0.323 e. The molecule has 1 fully saturated rings. The quantitative estimate of drug-likeness (QED) is 0.362. The van der Waals surface area contributed by atoms with E-state index in [9.17, 15) is 9.59 Å². The Balaban J connectivity index is 2.35. The summed E-state index contributed by atoms with van der Waals surface area (Å²) < 4.78 is 12.1. The predicted molar refractivity (Wildman–Crippen MR) is 109 cm³/mol. The number of benzene rings is 1. The summed E-state index contributed by atoms with van der Waals surface area (Å²) in [6, 6.07) is 3.53. The summed E-state index contributed by atoms with van der Waals surface area (Å²) in [7, 11) is 0. The molecule has 0 aromatic heterocycles. The molecule has 0 aliphatic carbocycles. The van der Waals surface area contributed by atoms with Crippen molar-refractivity contribution < 1.29 is 24.2 Å². The van der Waals surface area contributed by atoms with Gasteiger partial charge in [0, 0.05) is 0 Å². The van der Waals surface area contributed by atoms with Gasteiger partial charge in [-0.1, -0.05) is 36.6 Å². The Labute approximate surface area is 169 Å². The van der Waals surface area contributed by atoms with Crippen LogP contribution in [0.1, 0.15) is 12.5 Å². The van der Waals surface area contributed by atoms with E-state index in [4.69, 9.17) is 26.8 Å². The fourth-order valence-corrected chi connectivity index (χ4v) is 3.97. The molecule has 2 rings (SSSR count). The second-order valence-electron chi connectivity index (χ2n) is 5.02. The standard InChI is InChI=1S/C17H16BrNO5S2/c1-3-5-24-15-11(18)6-10(7-12(15)23-4-2)8-13-16(22)19(9-14(20)21)17(25)26-13/h3,6-8H,1,4-5,9H2,2H3,(H,20,21)/b13-8-. The van der Waals surface area contributed by atoms with Gasteiger partial charge in [-0.15, -0.1) is 0 Å². The second-order valence-corrected chi connectivity index (χ2v) is 7.55. The lowest BCUT2D eigenvalue weighted by molar-refractivity contribution is -0.140. The highest BCUT2D eigenvalue weighted by Gasteiger charge is 2.33. The normalized spacial score (nSPS) is 15.5. The Bertz CT molecular complexity index is 794. The number of carbonyl (C=O) groups is 2. The molecule has 6 nitrogen and oxygen atoms in total. The Hall–Kier alpha value is -1.84. The summed E-state index contributed by atoms with van der Waals surface area (Å²) in [5.74, 6) is -0.477. The van der Waals surface area contributed by atoms with Crippen molar-refractivity contribution in [2.24, 2.45) is 0 Å². The van der Waals surface area contributed by atoms with Crippen LogP contribution in [0.2, 0.25) is 0 Å². The summed E-state index contributed by atoms with van der Waals surface area (Å²) >= 11 is 9.60. The van der Waals surface area contributed by atoms with Crippen LogP contribution in [0.3, 0.4) is 0 Å². The maximum absolute atomic E-state index is 12.4. The number of carbonyl (C=O) groups excluding carboxylic acids is 1. The molecule has 138 valence electrons. The lowest BCUT2D eigenvalue weighted by Gasteiger charge is -2.14. The molecule has 1 aromatic rings. The van der Waals surface area contributed by atoms with E-state index in [1.165, 1.54) is 0 Å². The number of amides is 1. The fourth-order valence-electron chi connectivity index (χ4n) is 2.14. The zero-order valence-corrected chi connectivity index (χ0v) is 17.1. The zero-order valence-electron chi connectivity index (χ0n) is 13.9. The molecule has 9 heteroatoms. The second kappa shape index (κ2) is 9.20. The number of aliphatic carboxylic acids is 1. The summed E-state index contributed by atoms with van der Waals surface area (Å²) in [5.41, 5.74) is 0.696. The zero-order chi connectivity index (χ0) is 19.3. The number of ether oxygens (including phenoxy) is 2. The van der Waals surface area contributed by atoms with Gasteiger partial charge in [0.1, 0.15) is 17.5 Å². The van der Waals surface area contributed by atoms with E-state index in [-0.39, 0.29) is 4.32 Å². The van der Waals surface area contributed by atoms with E-state index in [2.05, 4.69) is 22.5 Å². The minimum absolute atomic E-state index is 0.221. The Morgan fingerprint density at radius 3 is 2.81 bits per heavy atom. The molecule has 1 aromatic carbocycles. The van der Waals surface area contributed by atoms with Gasteiger partial charge in [-0.25, -0.2) is 0 Å². The highest BCUT2D eigenvalue weighted by Crippen LogP contribution is 2.39. The van der Waals surface area contributed by atoms with Gasteiger partial charge in [0.25, 0.3) is 5.91 Å². The van der Waals surface area contributed by atoms with Crippen molar-refractivity contribution in [2.75, 3.05) is 19.8 Å². The van der Waals surface area contributed by atoms with Crippen LogP contribution >= 0.6 is 39.9 Å². The highest BCUT2D eigenvalue weighted by atomic mass is 79.9. The minimum Gasteiger partial charge on any atom is -0.490 e. The van der Waals surface area contributed by atoms with Gasteiger partial charge in [-0.3, -0.25) is 14.5 Å². The van der Waals surface area contributed by atoms with Gasteiger partial charge in [0.2, 0.25) is 0 Å². The molecule has 0 spiro atoms. The number of thioether (sulfide) groups is 1. The maximum atomic E-state index is 12.4. The Morgan fingerprint density at radius 2 is 2.19 bits per heavy atom. The van der Waals surface area contributed by atoms with Gasteiger partial charge >= 0.3 is 5.97 Å². The van der Waals surface area contributed by atoms with Crippen LogP contribution in [0.25, 0.3) is 6.08 Å². The summed E-state index contributed by atoms with van der Waals surface area (Å²) in [4.78, 5) is 24.7. The van der Waals surface area contributed by atoms with Gasteiger partial charge < -0.3 is 14.6 Å². The molecule has 1 amide bonds. The van der Waals surface area contributed by atoms with Crippen LogP contribution < -0.4 is 9.47 Å². The first-order valence-corrected chi connectivity index (χ1v) is 9.56. The SMILES string of the molecule is C=CCOc1c(Br)cc(/C=C2\SC(=S)N(CC(=O)O)C2=O)cc1OCC. The molecule has 1 heterocycles. The summed E-state index contributed by atoms with van der Waals surface area (Å²) in [5, 5.41) is 8.89. The van der Waals surface area contributed by atoms with Crippen LogP contribution in [0.5, 0.6) is 11.5 Å². The number of hydrogen-bond donors (Lipinski definition) is 1. The topological polar surface area (TPSA) is 76.1 Å². The van der Waals surface area contributed by atoms with E-state index in [0.29, 0.717) is 39.7 Å². The molecular formula is C17H16BrNO5S2. The average Bonchev–Trinajstić information content (AvgIpc) is 2.81. The van der Waals surface area contributed by atoms with Gasteiger partial charge in [0.05, 0.1) is 16.0 Å². The third-order valence-corrected chi connectivity index (χ3v) is 5.11. The molecular weight excluding hydrogens is 442 g/mol. The minimum atomic E-state index is -1.12. The van der Waals surface area contributed by atoms with Gasteiger partial charge in [-0.2, -0.15) is 0 Å². The van der Waals surface area contributed by atoms with E-state index >= 15 is 0 Å². The molecule has 1 saturated heterocycles. The van der Waals surface area contributed by atoms with Gasteiger partial charge in [-0.05, 0) is 46.6 Å². The highest BCUT2D eigenvalue weighted by molar-refractivity contribution is 9.10. The van der Waals surface area contributed by atoms with Crippen molar-refractivity contribution in [3.8, 4) is 11.5 Å². The molecule has 0 atom stereocenters. The maximum Gasteiger partial charge on any atom is 0.323 e. The van der Waals surface area contributed by atoms with Gasteiger partial charge in [0.15, 0.2) is 11.5 Å². The van der Waals surface area contributed by atoms with Crippen molar-refractivity contribution in [3.63, 3.8) is 0 Å². The van der Waals surface area contributed by atoms with Crippen LogP contribution in [0.15, 0.2) is 34.2 Å². The number of carboxylic acids is 1. The number of nitrogens with zero attached hydrogens (tertiary/aromatic N) is 1. The molecule has 0 unspecified atom stereocenters. The van der Waals surface area contributed by atoms with Crippen molar-refractivity contribution in [3.05, 3.63) is 39.7 Å². The van der Waals surface area contributed by atoms with E-state index in [1.807, 2.05) is 6.92 Å². The molecule has 0 radical (unpaired) electrons. The number of hydrogen-bond acceptors (Lipinski definition) is 6. The molecule has 1 aliphatic rings. The van der Waals surface area contributed by atoms with Crippen LogP contribution in [0, 0.1) is 0 Å². The first-order chi connectivity index (χ1) is 12.4. The predicted octanol–water partition coefficient (Wildman–Crippen LogP) is 3.70. The molecule has 0 saturated carbocycles. The Morgan fingerprint density at radius 1 is 1.46 bits per heavy atom. The molecule has 0 bridgehead atoms. The first kappa shape index (κ1) is 20.5. The summed E-state index contributed by atoms with van der Waals surface area (Å²) in [6.07, 6.45) is 3.27. The lowest BCUT2D eigenvalue weighted by Crippen LogP contribution is -2.33. The average molecular weight is 458 g/mol. The van der Waals surface area contributed by atoms with E-state index < -0.39 is 18.4 Å². The van der Waals surface area contributed by atoms with Crippen LogP contribution in [0.4, 0.5) is 0 Å². The molecule has 1 N–H and O–H groups in total. The van der Waals surface area contributed by atoms with Crippen molar-refractivity contribution in [1.82, 2.24) is 4.90 Å². The van der Waals surface area contributed by atoms with Crippen molar-refractivity contribution in [2.45, 2.75) is 6.92 Å². The fraction of sp³-hybridized carbons (Fsp3) is 0.235. The van der Waals surface area contributed by atoms with Crippen molar-refractivity contribution in [1.29, 1.82) is 0 Å². The number of rotatable bonds is 8. The lowest BCUT2D eigenvalue weighted by atomic mass is 10.2. The van der Waals surface area contributed by atoms with E-state index in [1.54, 1.807) is 24.3 Å². The molecule has 1 aliphatic heterocycles. The van der Waals surface area contributed by atoms with Crippen LogP contribution in [-0.4, -0.2) is 46.0 Å².